The first kappa shape index (κ1) is 27.3. The Morgan fingerprint density at radius 2 is 1.75 bits per heavy atom. The molecule has 14 heteroatoms. The van der Waals surface area contributed by atoms with E-state index in [2.05, 4.69) is 15.3 Å². The zero-order chi connectivity index (χ0) is 26.6. The minimum Gasteiger partial charge on any atom is -0.493 e. The fourth-order valence-electron chi connectivity index (χ4n) is 3.31. The highest BCUT2D eigenvalue weighted by atomic mass is 19.4. The number of hydrogen-bond donors (Lipinski definition) is 5. The molecule has 0 aliphatic heterocycles. The Kier molecular flexibility index (Phi) is 8.45. The van der Waals surface area contributed by atoms with E-state index in [-0.39, 0.29) is 28.2 Å². The van der Waals surface area contributed by atoms with Gasteiger partial charge in [0, 0.05) is 11.5 Å². The van der Waals surface area contributed by atoms with E-state index in [1.807, 2.05) is 0 Å². The number of nitrogens with one attached hydrogen (secondary N) is 1. The number of fused-ring (bicyclic) bond motifs is 1. The molecular formula is C22H22F5N3O6. The number of rotatable bonds is 10. The lowest BCUT2D eigenvalue weighted by Crippen LogP contribution is -2.48. The summed E-state index contributed by atoms with van der Waals surface area (Å²) in [5.41, 5.74) is -1.82. The molecule has 3 rings (SSSR count). The molecule has 4 atom stereocenters. The molecule has 1 heterocycles. The Bertz CT molecular complexity index is 1200. The van der Waals surface area contributed by atoms with Crippen LogP contribution < -0.4 is 14.8 Å². The molecule has 3 aromatic rings. The second kappa shape index (κ2) is 11.2. The zero-order valence-corrected chi connectivity index (χ0v) is 18.6. The van der Waals surface area contributed by atoms with E-state index in [0.717, 1.165) is 18.5 Å². The van der Waals surface area contributed by atoms with Crippen LogP contribution in [-0.2, 0) is 6.18 Å². The normalized spacial score (nSPS) is 15.3. The number of benzene rings is 2. The predicted octanol–water partition coefficient (Wildman–Crippen LogP) is 2.33. The van der Waals surface area contributed by atoms with Crippen molar-refractivity contribution in [2.24, 2.45) is 0 Å². The molecule has 0 radical (unpaired) electrons. The Labute approximate surface area is 200 Å². The van der Waals surface area contributed by atoms with Gasteiger partial charge in [-0.05, 0) is 18.2 Å². The molecule has 0 spiro atoms. The van der Waals surface area contributed by atoms with Crippen molar-refractivity contribution >= 4 is 22.4 Å². The maximum atomic E-state index is 14.5. The second-order valence-electron chi connectivity index (χ2n) is 7.55. The summed E-state index contributed by atoms with van der Waals surface area (Å²) in [5, 5.41) is 41.0. The van der Waals surface area contributed by atoms with Crippen molar-refractivity contribution in [2.45, 2.75) is 30.7 Å². The molecule has 0 fully saturated rings. The number of alkyl halides is 4. The van der Waals surface area contributed by atoms with Crippen LogP contribution >= 0.6 is 0 Å². The molecule has 0 bridgehead atoms. The standard InChI is InChI=1S/C22H22F5N3O6/c1-35-15-5-10-14(6-16(15)36-17(8-32)20(34)19(33)12(23)7-31)28-9-29-21(10)30-13-4-2-3-11(18(13)24)22(25,26)27/h2-6,9,12,17,19-20,31-34H,7-8H2,1H3,(H,28,29,30)/t12-,17-,19+,20+/m1/s1. The maximum Gasteiger partial charge on any atom is 0.419 e. The van der Waals surface area contributed by atoms with Crippen molar-refractivity contribution in [1.29, 1.82) is 0 Å². The van der Waals surface area contributed by atoms with Gasteiger partial charge < -0.3 is 35.2 Å². The van der Waals surface area contributed by atoms with Gasteiger partial charge in [0.25, 0.3) is 0 Å². The van der Waals surface area contributed by atoms with E-state index < -0.39 is 60.9 Å². The number of halogens is 5. The molecule has 196 valence electrons. The van der Waals surface area contributed by atoms with E-state index >= 15 is 0 Å². The molecule has 0 aliphatic rings. The highest BCUT2D eigenvalue weighted by Gasteiger charge is 2.35. The Hall–Kier alpha value is -3.33. The summed E-state index contributed by atoms with van der Waals surface area (Å²) < 4.78 is 78.0. The van der Waals surface area contributed by atoms with Crippen molar-refractivity contribution in [3.05, 3.63) is 48.0 Å². The molecule has 1 aromatic heterocycles. The SMILES string of the molecule is COc1cc2c(Nc3cccc(C(F)(F)F)c3F)ncnc2cc1O[C@H](CO)[C@H](O)[C@@H](O)[C@H](F)CO. The van der Waals surface area contributed by atoms with Gasteiger partial charge in [0.2, 0.25) is 0 Å². The van der Waals surface area contributed by atoms with Gasteiger partial charge in [0.15, 0.2) is 29.6 Å². The van der Waals surface area contributed by atoms with E-state index in [1.54, 1.807) is 0 Å². The predicted molar refractivity (Wildman–Crippen MR) is 116 cm³/mol. The summed E-state index contributed by atoms with van der Waals surface area (Å²) in [4.78, 5) is 7.98. The molecule has 9 nitrogen and oxygen atoms in total. The number of aromatic nitrogens is 2. The third kappa shape index (κ3) is 5.73. The first-order valence-electron chi connectivity index (χ1n) is 10.4. The third-order valence-corrected chi connectivity index (χ3v) is 5.21. The Balaban J connectivity index is 1.98. The summed E-state index contributed by atoms with van der Waals surface area (Å²) >= 11 is 0. The summed E-state index contributed by atoms with van der Waals surface area (Å²) in [7, 11) is 1.24. The van der Waals surface area contributed by atoms with Crippen LogP contribution in [0.5, 0.6) is 11.5 Å². The van der Waals surface area contributed by atoms with Crippen molar-refractivity contribution in [2.75, 3.05) is 25.6 Å². The number of anilines is 2. The topological polar surface area (TPSA) is 137 Å². The molecule has 0 aliphatic carbocycles. The number of nitrogens with zero attached hydrogens (tertiary/aromatic N) is 2. The quantitative estimate of drug-likeness (QED) is 0.256. The molecule has 0 saturated carbocycles. The number of ether oxygens (including phenoxy) is 2. The smallest absolute Gasteiger partial charge is 0.419 e. The van der Waals surface area contributed by atoms with Crippen LogP contribution in [0.1, 0.15) is 5.56 Å². The molecule has 5 N–H and O–H groups in total. The summed E-state index contributed by atoms with van der Waals surface area (Å²) in [6.45, 7) is -1.93. The first-order valence-corrected chi connectivity index (χ1v) is 10.4. The van der Waals surface area contributed by atoms with Gasteiger partial charge in [-0.15, -0.1) is 0 Å². The monoisotopic (exact) mass is 519 g/mol. The van der Waals surface area contributed by atoms with E-state index in [4.69, 9.17) is 14.6 Å². The first-order chi connectivity index (χ1) is 17.0. The van der Waals surface area contributed by atoms with Crippen LogP contribution in [0.4, 0.5) is 33.5 Å². The molecule has 0 saturated heterocycles. The summed E-state index contributed by atoms with van der Waals surface area (Å²) in [6, 6.07) is 5.29. The maximum absolute atomic E-state index is 14.5. The lowest BCUT2D eigenvalue weighted by atomic mass is 10.0. The van der Waals surface area contributed by atoms with Gasteiger partial charge in [0.05, 0.1) is 37.1 Å². The van der Waals surface area contributed by atoms with Crippen molar-refractivity contribution in [3.63, 3.8) is 0 Å². The zero-order valence-electron chi connectivity index (χ0n) is 18.6. The Morgan fingerprint density at radius 1 is 1.03 bits per heavy atom. The van der Waals surface area contributed by atoms with Crippen molar-refractivity contribution < 1.29 is 51.9 Å². The summed E-state index contributed by atoms with van der Waals surface area (Å²) in [6.07, 6.45) is -11.6. The average Bonchev–Trinajstić information content (AvgIpc) is 2.85. The van der Waals surface area contributed by atoms with Crippen LogP contribution in [-0.4, -0.2) is 75.2 Å². The molecule has 36 heavy (non-hydrogen) atoms. The number of aliphatic hydroxyl groups excluding tert-OH is 4. The van der Waals surface area contributed by atoms with Gasteiger partial charge in [0.1, 0.15) is 24.4 Å². The summed E-state index contributed by atoms with van der Waals surface area (Å²) in [5.74, 6) is -1.73. The van der Waals surface area contributed by atoms with Crippen LogP contribution in [0, 0.1) is 5.82 Å². The molecule has 2 aromatic carbocycles. The highest BCUT2D eigenvalue weighted by Crippen LogP contribution is 2.38. The van der Waals surface area contributed by atoms with Crippen molar-refractivity contribution in [3.8, 4) is 11.5 Å². The van der Waals surface area contributed by atoms with Crippen molar-refractivity contribution in [1.82, 2.24) is 9.97 Å². The van der Waals surface area contributed by atoms with E-state index in [1.165, 1.54) is 19.2 Å². The average molecular weight is 519 g/mol. The fraction of sp³-hybridized carbons (Fsp3) is 0.364. The van der Waals surface area contributed by atoms with Gasteiger partial charge >= 0.3 is 6.18 Å². The number of methoxy groups -OCH3 is 1. The van der Waals surface area contributed by atoms with E-state index in [9.17, 15) is 37.3 Å². The third-order valence-electron chi connectivity index (χ3n) is 5.21. The largest absolute Gasteiger partial charge is 0.493 e. The minimum absolute atomic E-state index is 0.0241. The van der Waals surface area contributed by atoms with Gasteiger partial charge in [-0.3, -0.25) is 0 Å². The van der Waals surface area contributed by atoms with Crippen LogP contribution in [0.25, 0.3) is 10.9 Å². The number of hydrogen-bond acceptors (Lipinski definition) is 9. The Morgan fingerprint density at radius 3 is 2.36 bits per heavy atom. The number of aliphatic hydroxyl groups is 4. The lowest BCUT2D eigenvalue weighted by Gasteiger charge is -2.28. The van der Waals surface area contributed by atoms with Crippen LogP contribution in [0.2, 0.25) is 0 Å². The highest BCUT2D eigenvalue weighted by molar-refractivity contribution is 5.93. The van der Waals surface area contributed by atoms with Gasteiger partial charge in [-0.25, -0.2) is 18.7 Å². The minimum atomic E-state index is -4.91. The molecule has 0 amide bonds. The van der Waals surface area contributed by atoms with Gasteiger partial charge in [-0.1, -0.05) is 6.07 Å². The van der Waals surface area contributed by atoms with Crippen LogP contribution in [0.3, 0.4) is 0 Å². The van der Waals surface area contributed by atoms with E-state index in [0.29, 0.717) is 6.07 Å². The van der Waals surface area contributed by atoms with Crippen LogP contribution in [0.15, 0.2) is 36.7 Å². The van der Waals surface area contributed by atoms with Gasteiger partial charge in [-0.2, -0.15) is 13.2 Å². The fourth-order valence-corrected chi connectivity index (χ4v) is 3.31. The lowest BCUT2D eigenvalue weighted by molar-refractivity contribution is -0.139. The molecule has 0 unspecified atom stereocenters. The molecular weight excluding hydrogens is 497 g/mol. The second-order valence-corrected chi connectivity index (χ2v) is 7.55.